The molecular weight excluding hydrogens is 400 g/mol. The van der Waals surface area contributed by atoms with Gasteiger partial charge in [0, 0.05) is 30.0 Å². The molecule has 2 aromatic carbocycles. The summed E-state index contributed by atoms with van der Waals surface area (Å²) in [4.78, 5) is 42.6. The molecule has 0 aliphatic carbocycles. The Balaban J connectivity index is 1.36. The standard InChI is InChI=1S/C22H22N4O3S/c23-19(27)12-16-13-30-22(24-16)25-20(28)15-8-10-26(11-9-15)21(29)18-7-3-5-14-4-1-2-6-17(14)18/h1-7,13,15H,8-12H2,(H2,23,27)(H,24,25,28). The van der Waals surface area contributed by atoms with Crippen LogP contribution in [0.3, 0.4) is 0 Å². The van der Waals surface area contributed by atoms with Crippen LogP contribution in [-0.2, 0) is 16.0 Å². The second kappa shape index (κ2) is 8.62. The number of hydrogen-bond donors (Lipinski definition) is 2. The zero-order valence-electron chi connectivity index (χ0n) is 16.3. The predicted octanol–water partition coefficient (Wildman–Crippen LogP) is 2.82. The lowest BCUT2D eigenvalue weighted by molar-refractivity contribution is -0.121. The fourth-order valence-corrected chi connectivity index (χ4v) is 4.47. The maximum atomic E-state index is 13.1. The van der Waals surface area contributed by atoms with Gasteiger partial charge in [-0.25, -0.2) is 4.98 Å². The number of fused-ring (bicyclic) bond motifs is 1. The fourth-order valence-electron chi connectivity index (χ4n) is 3.76. The molecule has 7 nitrogen and oxygen atoms in total. The van der Waals surface area contributed by atoms with Crippen molar-refractivity contribution in [1.82, 2.24) is 9.88 Å². The molecule has 0 bridgehead atoms. The summed E-state index contributed by atoms with van der Waals surface area (Å²) in [5, 5.41) is 6.98. The summed E-state index contributed by atoms with van der Waals surface area (Å²) in [5.41, 5.74) is 6.42. The van der Waals surface area contributed by atoms with Gasteiger partial charge in [0.1, 0.15) is 0 Å². The van der Waals surface area contributed by atoms with E-state index in [2.05, 4.69) is 10.3 Å². The van der Waals surface area contributed by atoms with Crippen LogP contribution < -0.4 is 11.1 Å². The van der Waals surface area contributed by atoms with Crippen molar-refractivity contribution in [2.45, 2.75) is 19.3 Å². The quantitative estimate of drug-likeness (QED) is 0.659. The van der Waals surface area contributed by atoms with E-state index in [1.807, 2.05) is 47.4 Å². The Labute approximate surface area is 177 Å². The van der Waals surface area contributed by atoms with Crippen molar-refractivity contribution in [2.75, 3.05) is 18.4 Å². The summed E-state index contributed by atoms with van der Waals surface area (Å²) < 4.78 is 0. The maximum absolute atomic E-state index is 13.1. The molecule has 0 radical (unpaired) electrons. The monoisotopic (exact) mass is 422 g/mol. The van der Waals surface area contributed by atoms with Crippen LogP contribution in [0.1, 0.15) is 28.9 Å². The average molecular weight is 423 g/mol. The Kier molecular flexibility index (Phi) is 5.76. The summed E-state index contributed by atoms with van der Waals surface area (Å²) >= 11 is 1.27. The molecule has 1 aromatic heterocycles. The Hall–Kier alpha value is -3.26. The number of nitrogens with one attached hydrogen (secondary N) is 1. The van der Waals surface area contributed by atoms with E-state index < -0.39 is 5.91 Å². The van der Waals surface area contributed by atoms with Gasteiger partial charge in [0.05, 0.1) is 12.1 Å². The number of anilines is 1. The Morgan fingerprint density at radius 1 is 1.10 bits per heavy atom. The number of carbonyl (C=O) groups is 3. The van der Waals surface area contributed by atoms with E-state index in [-0.39, 0.29) is 24.2 Å². The third kappa shape index (κ3) is 4.33. The van der Waals surface area contributed by atoms with Crippen LogP contribution in [0.5, 0.6) is 0 Å². The SMILES string of the molecule is NC(=O)Cc1csc(NC(=O)C2CCN(C(=O)c3cccc4ccccc34)CC2)n1. The molecule has 0 spiro atoms. The molecule has 8 heteroatoms. The number of amides is 3. The number of hydrogen-bond acceptors (Lipinski definition) is 5. The molecule has 1 aliphatic heterocycles. The molecule has 0 saturated carbocycles. The number of benzene rings is 2. The first-order valence-corrected chi connectivity index (χ1v) is 10.7. The van der Waals surface area contributed by atoms with Crippen LogP contribution in [0.4, 0.5) is 5.13 Å². The number of aromatic nitrogens is 1. The molecule has 0 atom stereocenters. The maximum Gasteiger partial charge on any atom is 0.254 e. The number of primary amides is 1. The molecule has 1 fully saturated rings. The molecule has 2 heterocycles. The number of likely N-dealkylation sites (tertiary alicyclic amines) is 1. The molecule has 30 heavy (non-hydrogen) atoms. The van der Waals surface area contributed by atoms with Crippen molar-refractivity contribution < 1.29 is 14.4 Å². The van der Waals surface area contributed by atoms with E-state index in [0.29, 0.717) is 42.3 Å². The first-order valence-electron chi connectivity index (χ1n) is 9.82. The molecule has 1 saturated heterocycles. The van der Waals surface area contributed by atoms with Gasteiger partial charge >= 0.3 is 0 Å². The van der Waals surface area contributed by atoms with Crippen molar-refractivity contribution in [3.05, 3.63) is 59.1 Å². The average Bonchev–Trinajstić information content (AvgIpc) is 3.18. The van der Waals surface area contributed by atoms with E-state index >= 15 is 0 Å². The highest BCUT2D eigenvalue weighted by atomic mass is 32.1. The van der Waals surface area contributed by atoms with Crippen molar-refractivity contribution >= 4 is 45.0 Å². The van der Waals surface area contributed by atoms with E-state index in [0.717, 1.165) is 10.8 Å². The number of piperidine rings is 1. The largest absolute Gasteiger partial charge is 0.369 e. The minimum Gasteiger partial charge on any atom is -0.369 e. The van der Waals surface area contributed by atoms with Gasteiger partial charge in [-0.1, -0.05) is 36.4 Å². The zero-order chi connectivity index (χ0) is 21.1. The van der Waals surface area contributed by atoms with Crippen LogP contribution >= 0.6 is 11.3 Å². The van der Waals surface area contributed by atoms with Gasteiger partial charge in [-0.3, -0.25) is 14.4 Å². The lowest BCUT2D eigenvalue weighted by atomic mass is 9.95. The van der Waals surface area contributed by atoms with Crippen molar-refractivity contribution in [2.24, 2.45) is 11.7 Å². The lowest BCUT2D eigenvalue weighted by Gasteiger charge is -2.31. The highest BCUT2D eigenvalue weighted by molar-refractivity contribution is 7.13. The smallest absolute Gasteiger partial charge is 0.254 e. The number of thiazole rings is 1. The van der Waals surface area contributed by atoms with E-state index in [4.69, 9.17) is 5.73 Å². The van der Waals surface area contributed by atoms with E-state index in [1.54, 1.807) is 5.38 Å². The predicted molar refractivity (Wildman–Crippen MR) is 116 cm³/mol. The molecule has 3 aromatic rings. The van der Waals surface area contributed by atoms with Crippen LogP contribution in [0.25, 0.3) is 10.8 Å². The minimum absolute atomic E-state index is 0.00155. The fraction of sp³-hybridized carbons (Fsp3) is 0.273. The summed E-state index contributed by atoms with van der Waals surface area (Å²) in [6, 6.07) is 13.6. The molecule has 1 aliphatic rings. The van der Waals surface area contributed by atoms with Gasteiger partial charge in [-0.15, -0.1) is 11.3 Å². The Morgan fingerprint density at radius 3 is 2.60 bits per heavy atom. The number of nitrogens with zero attached hydrogens (tertiary/aromatic N) is 2. The van der Waals surface area contributed by atoms with Gasteiger partial charge in [0.25, 0.3) is 5.91 Å². The Morgan fingerprint density at radius 2 is 1.83 bits per heavy atom. The highest BCUT2D eigenvalue weighted by Crippen LogP contribution is 2.25. The summed E-state index contributed by atoms with van der Waals surface area (Å²) in [7, 11) is 0. The molecular formula is C22H22N4O3S. The van der Waals surface area contributed by atoms with Crippen LogP contribution in [0, 0.1) is 5.92 Å². The zero-order valence-corrected chi connectivity index (χ0v) is 17.2. The minimum atomic E-state index is -0.457. The molecule has 0 unspecified atom stereocenters. The third-order valence-corrected chi connectivity index (χ3v) is 6.12. The molecule has 154 valence electrons. The van der Waals surface area contributed by atoms with Crippen molar-refractivity contribution in [1.29, 1.82) is 0 Å². The third-order valence-electron chi connectivity index (χ3n) is 5.31. The molecule has 3 amide bonds. The number of rotatable bonds is 5. The molecule has 4 rings (SSSR count). The second-order valence-corrected chi connectivity index (χ2v) is 8.23. The van der Waals surface area contributed by atoms with E-state index in [1.165, 1.54) is 11.3 Å². The highest BCUT2D eigenvalue weighted by Gasteiger charge is 2.28. The Bertz CT molecular complexity index is 1100. The van der Waals surface area contributed by atoms with Gasteiger partial charge in [-0.2, -0.15) is 0 Å². The lowest BCUT2D eigenvalue weighted by Crippen LogP contribution is -2.41. The summed E-state index contributed by atoms with van der Waals surface area (Å²) in [6.07, 6.45) is 1.25. The van der Waals surface area contributed by atoms with E-state index in [9.17, 15) is 14.4 Å². The van der Waals surface area contributed by atoms with Gasteiger partial charge in [0.15, 0.2) is 5.13 Å². The van der Waals surface area contributed by atoms with Crippen LogP contribution in [0.15, 0.2) is 47.8 Å². The van der Waals surface area contributed by atoms with Gasteiger partial charge < -0.3 is 16.0 Å². The number of nitrogens with two attached hydrogens (primary N) is 1. The number of carbonyl (C=O) groups excluding carboxylic acids is 3. The van der Waals surface area contributed by atoms with Crippen LogP contribution in [-0.4, -0.2) is 40.7 Å². The summed E-state index contributed by atoms with van der Waals surface area (Å²) in [5.74, 6) is -0.736. The summed E-state index contributed by atoms with van der Waals surface area (Å²) in [6.45, 7) is 1.07. The van der Waals surface area contributed by atoms with Crippen molar-refractivity contribution in [3.63, 3.8) is 0 Å². The second-order valence-electron chi connectivity index (χ2n) is 7.37. The first kappa shape index (κ1) is 20.0. The van der Waals surface area contributed by atoms with Crippen LogP contribution in [0.2, 0.25) is 0 Å². The van der Waals surface area contributed by atoms with Crippen molar-refractivity contribution in [3.8, 4) is 0 Å². The van der Waals surface area contributed by atoms with Gasteiger partial charge in [0.2, 0.25) is 11.8 Å². The topological polar surface area (TPSA) is 105 Å². The first-order chi connectivity index (χ1) is 14.5. The molecule has 3 N–H and O–H groups in total. The van der Waals surface area contributed by atoms with Gasteiger partial charge in [-0.05, 0) is 29.7 Å². The normalized spacial score (nSPS) is 14.6.